The van der Waals surface area contributed by atoms with Gasteiger partial charge in [0.25, 0.3) is 0 Å². The third-order valence-corrected chi connectivity index (χ3v) is 5.60. The van der Waals surface area contributed by atoms with Gasteiger partial charge in [0.15, 0.2) is 0 Å². The Morgan fingerprint density at radius 2 is 1.48 bits per heavy atom. The van der Waals surface area contributed by atoms with Gasteiger partial charge in [0.1, 0.15) is 0 Å². The van der Waals surface area contributed by atoms with Crippen molar-refractivity contribution in [1.29, 1.82) is 0 Å². The van der Waals surface area contributed by atoms with E-state index in [2.05, 4.69) is 37.6 Å². The Bertz CT molecular complexity index is 248. The highest BCUT2D eigenvalue weighted by atomic mass is 15.2. The van der Waals surface area contributed by atoms with Crippen LogP contribution in [0.5, 0.6) is 0 Å². The monoisotopic (exact) mass is 296 g/mol. The lowest BCUT2D eigenvalue weighted by Gasteiger charge is -2.40. The molecule has 126 valence electrons. The molecule has 1 aliphatic heterocycles. The van der Waals surface area contributed by atoms with Gasteiger partial charge in [-0.2, -0.15) is 0 Å². The molecule has 2 rings (SSSR count). The van der Waals surface area contributed by atoms with Gasteiger partial charge in [-0.05, 0) is 71.5 Å². The summed E-state index contributed by atoms with van der Waals surface area (Å²) < 4.78 is 0. The van der Waals surface area contributed by atoms with Crippen LogP contribution in [-0.4, -0.2) is 48.6 Å². The summed E-state index contributed by atoms with van der Waals surface area (Å²) in [7, 11) is 2.30. The molecule has 0 amide bonds. The first-order valence-corrected chi connectivity index (χ1v) is 9.50. The van der Waals surface area contributed by atoms with Crippen LogP contribution < -0.4 is 0 Å². The van der Waals surface area contributed by atoms with E-state index in [1.54, 1.807) is 0 Å². The van der Waals surface area contributed by atoms with Crippen molar-refractivity contribution < 1.29 is 0 Å². The normalized spacial score (nSPS) is 28.6. The highest BCUT2D eigenvalue weighted by Gasteiger charge is 2.26. The average molecular weight is 297 g/mol. The molecule has 2 aliphatic rings. The Balaban J connectivity index is 0.00000106. The van der Waals surface area contributed by atoms with E-state index in [1.807, 2.05) is 13.8 Å². The van der Waals surface area contributed by atoms with Gasteiger partial charge < -0.3 is 9.80 Å². The minimum absolute atomic E-state index is 0.691. The van der Waals surface area contributed by atoms with E-state index < -0.39 is 0 Å². The van der Waals surface area contributed by atoms with Crippen LogP contribution in [0.1, 0.15) is 73.1 Å². The van der Waals surface area contributed by atoms with Crippen molar-refractivity contribution in [2.75, 3.05) is 26.7 Å². The van der Waals surface area contributed by atoms with Gasteiger partial charge in [-0.1, -0.05) is 33.6 Å². The molecule has 0 unspecified atom stereocenters. The minimum atomic E-state index is 0.691. The van der Waals surface area contributed by atoms with Gasteiger partial charge in [-0.25, -0.2) is 0 Å². The van der Waals surface area contributed by atoms with E-state index in [-0.39, 0.29) is 0 Å². The zero-order valence-corrected chi connectivity index (χ0v) is 15.6. The van der Waals surface area contributed by atoms with Crippen LogP contribution in [0.4, 0.5) is 0 Å². The molecular formula is C19H40N2. The fraction of sp³-hybridized carbons (Fsp3) is 1.00. The highest BCUT2D eigenvalue weighted by molar-refractivity contribution is 4.82. The first-order chi connectivity index (χ1) is 10.1. The predicted octanol–water partition coefficient (Wildman–Crippen LogP) is 4.64. The number of piperidine rings is 1. The first kappa shape index (κ1) is 19.0. The lowest BCUT2D eigenvalue weighted by Crippen LogP contribution is -2.46. The van der Waals surface area contributed by atoms with E-state index in [9.17, 15) is 0 Å². The summed E-state index contributed by atoms with van der Waals surface area (Å²) in [4.78, 5) is 5.31. The lowest BCUT2D eigenvalue weighted by molar-refractivity contribution is 0.0906. The van der Waals surface area contributed by atoms with Crippen LogP contribution >= 0.6 is 0 Å². The molecule has 1 aliphatic carbocycles. The third kappa shape index (κ3) is 6.28. The lowest BCUT2D eigenvalue weighted by atomic mass is 9.82. The largest absolute Gasteiger partial charge is 0.303 e. The van der Waals surface area contributed by atoms with Crippen molar-refractivity contribution in [3.05, 3.63) is 0 Å². The number of likely N-dealkylation sites (tertiary alicyclic amines) is 1. The Labute approximate surface area is 134 Å². The zero-order chi connectivity index (χ0) is 15.8. The van der Waals surface area contributed by atoms with Crippen molar-refractivity contribution in [1.82, 2.24) is 9.80 Å². The van der Waals surface area contributed by atoms with E-state index in [0.29, 0.717) is 6.04 Å². The number of hydrogen-bond acceptors (Lipinski definition) is 2. The molecule has 0 aromatic rings. The van der Waals surface area contributed by atoms with Gasteiger partial charge in [0.2, 0.25) is 0 Å². The fourth-order valence-electron chi connectivity index (χ4n) is 3.81. The first-order valence-electron chi connectivity index (χ1n) is 9.50. The second kappa shape index (κ2) is 9.84. The standard InChI is InChI=1S/C17H34N2.C2H6/c1-14(2)18(4)17-9-11-19(12-10-17)13-16-7-5-15(3)6-8-16;1-2/h14-17H,5-13H2,1-4H3;1-2H3. The molecule has 0 aromatic carbocycles. The van der Waals surface area contributed by atoms with Crippen molar-refractivity contribution in [2.45, 2.75) is 85.2 Å². The smallest absolute Gasteiger partial charge is 0.0119 e. The Morgan fingerprint density at radius 3 is 1.95 bits per heavy atom. The molecule has 2 heteroatoms. The van der Waals surface area contributed by atoms with Crippen molar-refractivity contribution >= 4 is 0 Å². The van der Waals surface area contributed by atoms with Crippen LogP contribution in [-0.2, 0) is 0 Å². The molecule has 1 saturated carbocycles. The van der Waals surface area contributed by atoms with Crippen LogP contribution in [0.15, 0.2) is 0 Å². The maximum atomic E-state index is 2.74. The van der Waals surface area contributed by atoms with E-state index >= 15 is 0 Å². The molecule has 1 saturated heterocycles. The van der Waals surface area contributed by atoms with Gasteiger partial charge in [-0.15, -0.1) is 0 Å². The summed E-state index contributed by atoms with van der Waals surface area (Å²) in [5, 5.41) is 0. The van der Waals surface area contributed by atoms with E-state index in [4.69, 9.17) is 0 Å². The maximum absolute atomic E-state index is 2.74. The van der Waals surface area contributed by atoms with Gasteiger partial charge in [-0.3, -0.25) is 0 Å². The van der Waals surface area contributed by atoms with Gasteiger partial charge in [0.05, 0.1) is 0 Å². The van der Waals surface area contributed by atoms with Gasteiger partial charge >= 0.3 is 0 Å². The average Bonchev–Trinajstić information content (AvgIpc) is 2.51. The number of rotatable bonds is 4. The van der Waals surface area contributed by atoms with Crippen LogP contribution in [0.2, 0.25) is 0 Å². The molecular weight excluding hydrogens is 256 g/mol. The second-order valence-corrected chi connectivity index (χ2v) is 7.42. The minimum Gasteiger partial charge on any atom is -0.303 e. The zero-order valence-electron chi connectivity index (χ0n) is 15.6. The van der Waals surface area contributed by atoms with Gasteiger partial charge in [0, 0.05) is 18.6 Å². The summed E-state index contributed by atoms with van der Waals surface area (Å²) >= 11 is 0. The number of hydrogen-bond donors (Lipinski definition) is 0. The molecule has 0 N–H and O–H groups in total. The SMILES string of the molecule is CC.CC1CCC(CN2CCC(N(C)C(C)C)CC2)CC1. The van der Waals surface area contributed by atoms with Crippen molar-refractivity contribution in [2.24, 2.45) is 11.8 Å². The molecule has 1 heterocycles. The maximum Gasteiger partial charge on any atom is 0.0119 e. The quantitative estimate of drug-likeness (QED) is 0.745. The Morgan fingerprint density at radius 1 is 0.952 bits per heavy atom. The molecule has 21 heavy (non-hydrogen) atoms. The summed E-state index contributed by atoms with van der Waals surface area (Å²) in [6, 6.07) is 1.51. The van der Waals surface area contributed by atoms with E-state index in [0.717, 1.165) is 17.9 Å². The van der Waals surface area contributed by atoms with Crippen LogP contribution in [0.3, 0.4) is 0 Å². The fourth-order valence-corrected chi connectivity index (χ4v) is 3.81. The van der Waals surface area contributed by atoms with Crippen molar-refractivity contribution in [3.8, 4) is 0 Å². The Kier molecular flexibility index (Phi) is 8.89. The topological polar surface area (TPSA) is 6.48 Å². The highest BCUT2D eigenvalue weighted by Crippen LogP contribution is 2.29. The summed E-state index contributed by atoms with van der Waals surface area (Å²) in [5.74, 6) is 1.98. The molecule has 0 aromatic heterocycles. The molecule has 0 radical (unpaired) electrons. The van der Waals surface area contributed by atoms with Crippen molar-refractivity contribution in [3.63, 3.8) is 0 Å². The summed E-state index contributed by atoms with van der Waals surface area (Å²) in [5.41, 5.74) is 0. The molecule has 0 spiro atoms. The molecule has 2 nitrogen and oxygen atoms in total. The molecule has 2 fully saturated rings. The third-order valence-electron chi connectivity index (χ3n) is 5.60. The Hall–Kier alpha value is -0.0800. The molecule has 0 atom stereocenters. The predicted molar refractivity (Wildman–Crippen MR) is 94.8 cm³/mol. The molecule has 0 bridgehead atoms. The van der Waals surface area contributed by atoms with Crippen LogP contribution in [0.25, 0.3) is 0 Å². The second-order valence-electron chi connectivity index (χ2n) is 7.42. The summed E-state index contributed by atoms with van der Waals surface area (Å²) in [6.45, 7) is 15.1. The summed E-state index contributed by atoms with van der Waals surface area (Å²) in [6.07, 6.45) is 8.64. The number of nitrogens with zero attached hydrogens (tertiary/aromatic N) is 2. The van der Waals surface area contributed by atoms with Crippen LogP contribution in [0, 0.1) is 11.8 Å². The van der Waals surface area contributed by atoms with E-state index in [1.165, 1.54) is 58.2 Å².